The average Bonchev–Trinajstić information content (AvgIpc) is 2.26. The number of carboxylic acid groups (broad SMARTS) is 1. The number of benzene rings is 1. The number of hydrogen-bond acceptors (Lipinski definition) is 2. The van der Waals surface area contributed by atoms with E-state index in [0.29, 0.717) is 5.75 Å². The minimum atomic E-state index is -4.84. The van der Waals surface area contributed by atoms with Gasteiger partial charge in [-0.2, -0.15) is 13.2 Å². The first-order valence-corrected chi connectivity index (χ1v) is 4.88. The molecule has 0 saturated heterocycles. The molecule has 6 heteroatoms. The zero-order chi connectivity index (χ0) is 12.7. The Hall–Kier alpha value is -1.72. The third-order valence-electron chi connectivity index (χ3n) is 2.89. The number of rotatable bonds is 1. The topological polar surface area (TPSA) is 46.5 Å². The second-order valence-electron chi connectivity index (χ2n) is 3.96. The first-order valence-electron chi connectivity index (χ1n) is 4.88. The van der Waals surface area contributed by atoms with E-state index in [1.807, 2.05) is 0 Å². The second kappa shape index (κ2) is 3.65. The van der Waals surface area contributed by atoms with Crippen LogP contribution < -0.4 is 4.74 Å². The van der Waals surface area contributed by atoms with Crippen LogP contribution >= 0.6 is 0 Å². The van der Waals surface area contributed by atoms with Crippen LogP contribution in [0.1, 0.15) is 5.56 Å². The summed E-state index contributed by atoms with van der Waals surface area (Å²) in [5.41, 5.74) is -2.58. The lowest BCUT2D eigenvalue weighted by molar-refractivity contribution is -0.240. The molecule has 0 aromatic heterocycles. The molecule has 1 unspecified atom stereocenters. The van der Waals surface area contributed by atoms with Crippen LogP contribution in [-0.2, 0) is 11.2 Å². The van der Waals surface area contributed by atoms with Crippen LogP contribution in [0.4, 0.5) is 13.2 Å². The molecule has 1 aromatic carbocycles. The second-order valence-corrected chi connectivity index (χ2v) is 3.96. The molecule has 92 valence electrons. The number of para-hydroxylation sites is 1. The van der Waals surface area contributed by atoms with Gasteiger partial charge in [0.15, 0.2) is 0 Å². The number of carbonyl (C=O) groups is 1. The lowest BCUT2D eigenvalue weighted by Gasteiger charge is -2.35. The Kier molecular flexibility index (Phi) is 2.52. The van der Waals surface area contributed by atoms with E-state index in [9.17, 15) is 18.0 Å². The molecule has 0 amide bonds. The Balaban J connectivity index is 2.45. The summed E-state index contributed by atoms with van der Waals surface area (Å²) >= 11 is 0. The summed E-state index contributed by atoms with van der Waals surface area (Å²) in [7, 11) is 0. The van der Waals surface area contributed by atoms with Crippen LogP contribution in [0.15, 0.2) is 24.3 Å². The fourth-order valence-corrected chi connectivity index (χ4v) is 1.81. The molecule has 1 atom stereocenters. The van der Waals surface area contributed by atoms with Crippen molar-refractivity contribution >= 4 is 5.97 Å². The van der Waals surface area contributed by atoms with E-state index in [1.54, 1.807) is 12.1 Å². The first-order chi connectivity index (χ1) is 7.87. The highest BCUT2D eigenvalue weighted by atomic mass is 19.4. The van der Waals surface area contributed by atoms with Gasteiger partial charge in [0.05, 0.1) is 0 Å². The van der Waals surface area contributed by atoms with Gasteiger partial charge in [0.2, 0.25) is 5.41 Å². The first kappa shape index (κ1) is 11.8. The van der Waals surface area contributed by atoms with E-state index in [0.717, 1.165) is 0 Å². The molecule has 1 aliphatic rings. The van der Waals surface area contributed by atoms with Crippen molar-refractivity contribution in [3.8, 4) is 5.75 Å². The molecule has 0 saturated carbocycles. The maximum absolute atomic E-state index is 12.9. The maximum Gasteiger partial charge on any atom is 0.408 e. The molecule has 0 aliphatic carbocycles. The Morgan fingerprint density at radius 1 is 1.35 bits per heavy atom. The van der Waals surface area contributed by atoms with Crippen molar-refractivity contribution < 1.29 is 27.8 Å². The van der Waals surface area contributed by atoms with Crippen LogP contribution in [0.2, 0.25) is 0 Å². The van der Waals surface area contributed by atoms with Gasteiger partial charge in [-0.05, 0) is 11.6 Å². The molecule has 17 heavy (non-hydrogen) atoms. The maximum atomic E-state index is 12.9. The lowest BCUT2D eigenvalue weighted by atomic mass is 9.79. The Bertz CT molecular complexity index is 456. The van der Waals surface area contributed by atoms with Crippen molar-refractivity contribution in [2.24, 2.45) is 5.41 Å². The number of carboxylic acids is 1. The smallest absolute Gasteiger partial charge is 0.408 e. The van der Waals surface area contributed by atoms with Crippen LogP contribution in [-0.4, -0.2) is 23.9 Å². The van der Waals surface area contributed by atoms with E-state index in [4.69, 9.17) is 9.84 Å². The summed E-state index contributed by atoms with van der Waals surface area (Å²) in [6.45, 7) is -0.886. The summed E-state index contributed by atoms with van der Waals surface area (Å²) < 4.78 is 43.6. The normalized spacial score (nSPS) is 23.7. The van der Waals surface area contributed by atoms with Crippen molar-refractivity contribution in [2.45, 2.75) is 12.6 Å². The summed E-state index contributed by atoms with van der Waals surface area (Å²) in [6.07, 6.45) is -5.44. The van der Waals surface area contributed by atoms with Gasteiger partial charge >= 0.3 is 12.1 Å². The van der Waals surface area contributed by atoms with Gasteiger partial charge in [0, 0.05) is 6.42 Å². The third kappa shape index (κ3) is 1.73. The van der Waals surface area contributed by atoms with E-state index in [-0.39, 0.29) is 5.56 Å². The Labute approximate surface area is 94.8 Å². The summed E-state index contributed by atoms with van der Waals surface area (Å²) in [4.78, 5) is 10.9. The fraction of sp³-hybridized carbons (Fsp3) is 0.364. The van der Waals surface area contributed by atoms with Crippen LogP contribution in [0.25, 0.3) is 0 Å². The molecule has 2 rings (SSSR count). The van der Waals surface area contributed by atoms with Gasteiger partial charge < -0.3 is 9.84 Å². The third-order valence-corrected chi connectivity index (χ3v) is 2.89. The van der Waals surface area contributed by atoms with Gasteiger partial charge in [-0.25, -0.2) is 0 Å². The highest BCUT2D eigenvalue weighted by Crippen LogP contribution is 2.45. The molecule has 0 spiro atoms. The number of alkyl halides is 3. The highest BCUT2D eigenvalue weighted by molar-refractivity contribution is 5.77. The summed E-state index contributed by atoms with van der Waals surface area (Å²) in [6, 6.07) is 6.14. The lowest BCUT2D eigenvalue weighted by Crippen LogP contribution is -2.52. The van der Waals surface area contributed by atoms with Gasteiger partial charge in [0.25, 0.3) is 0 Å². The van der Waals surface area contributed by atoms with Gasteiger partial charge in [-0.1, -0.05) is 18.2 Å². The molecule has 1 aliphatic heterocycles. The zero-order valence-corrected chi connectivity index (χ0v) is 8.62. The predicted molar refractivity (Wildman–Crippen MR) is 51.8 cm³/mol. The van der Waals surface area contributed by atoms with E-state index >= 15 is 0 Å². The molecule has 1 aromatic rings. The molecule has 1 heterocycles. The van der Waals surface area contributed by atoms with Crippen LogP contribution in [0.5, 0.6) is 5.75 Å². The van der Waals surface area contributed by atoms with Crippen LogP contribution in [0.3, 0.4) is 0 Å². The Morgan fingerprint density at radius 2 is 2.00 bits per heavy atom. The van der Waals surface area contributed by atoms with Gasteiger partial charge in [-0.15, -0.1) is 0 Å². The predicted octanol–water partition coefficient (Wildman–Crippen LogP) is 2.25. The van der Waals surface area contributed by atoms with Crippen molar-refractivity contribution in [3.63, 3.8) is 0 Å². The van der Waals surface area contributed by atoms with Crippen molar-refractivity contribution in [1.82, 2.24) is 0 Å². The van der Waals surface area contributed by atoms with E-state index in [1.165, 1.54) is 12.1 Å². The molecule has 0 radical (unpaired) electrons. The number of fused-ring (bicyclic) bond motifs is 1. The number of hydrogen-bond donors (Lipinski definition) is 1. The standard InChI is InChI=1S/C11H9F3O3/c12-11(13,14)10(9(15)16)5-7-3-1-2-4-8(7)17-6-10/h1-4H,5-6H2,(H,15,16). The molecular weight excluding hydrogens is 237 g/mol. The van der Waals surface area contributed by atoms with Crippen molar-refractivity contribution in [2.75, 3.05) is 6.61 Å². The van der Waals surface area contributed by atoms with E-state index < -0.39 is 30.6 Å². The zero-order valence-electron chi connectivity index (χ0n) is 8.62. The van der Waals surface area contributed by atoms with Crippen molar-refractivity contribution in [1.29, 1.82) is 0 Å². The Morgan fingerprint density at radius 3 is 2.59 bits per heavy atom. The van der Waals surface area contributed by atoms with Gasteiger partial charge in [-0.3, -0.25) is 4.79 Å². The SMILES string of the molecule is O=C(O)C1(C(F)(F)F)COc2ccccc2C1. The molecule has 0 bridgehead atoms. The van der Waals surface area contributed by atoms with Crippen LogP contribution in [0, 0.1) is 5.41 Å². The summed E-state index contributed by atoms with van der Waals surface area (Å²) in [5, 5.41) is 8.85. The summed E-state index contributed by atoms with van der Waals surface area (Å²) in [5.74, 6) is -1.59. The monoisotopic (exact) mass is 246 g/mol. The van der Waals surface area contributed by atoms with Gasteiger partial charge in [0.1, 0.15) is 12.4 Å². The van der Waals surface area contributed by atoms with Crippen molar-refractivity contribution in [3.05, 3.63) is 29.8 Å². The largest absolute Gasteiger partial charge is 0.492 e. The molecule has 0 fully saturated rings. The highest BCUT2D eigenvalue weighted by Gasteiger charge is 2.62. The molecular formula is C11H9F3O3. The number of ether oxygens (including phenoxy) is 1. The molecule has 1 N–H and O–H groups in total. The number of aliphatic carboxylic acids is 1. The van der Waals surface area contributed by atoms with E-state index in [2.05, 4.69) is 0 Å². The fourth-order valence-electron chi connectivity index (χ4n) is 1.81. The number of halogens is 3. The average molecular weight is 246 g/mol. The minimum absolute atomic E-state index is 0.262. The molecule has 3 nitrogen and oxygen atoms in total. The quantitative estimate of drug-likeness (QED) is 0.826. The minimum Gasteiger partial charge on any atom is -0.492 e.